The van der Waals surface area contributed by atoms with Gasteiger partial charge < -0.3 is 5.43 Å². The molecule has 0 aliphatic rings. The Morgan fingerprint density at radius 3 is 2.83 bits per heavy atom. The molecule has 0 bridgehead atoms. The fourth-order valence-corrected chi connectivity index (χ4v) is 1.98. The summed E-state index contributed by atoms with van der Waals surface area (Å²) in [6.07, 6.45) is 2.91. The van der Waals surface area contributed by atoms with Crippen molar-refractivity contribution in [1.29, 1.82) is 0 Å². The lowest BCUT2D eigenvalue weighted by atomic mass is 10.4. The van der Waals surface area contributed by atoms with E-state index in [0.29, 0.717) is 10.8 Å². The van der Waals surface area contributed by atoms with Gasteiger partial charge in [-0.2, -0.15) is 0 Å². The van der Waals surface area contributed by atoms with E-state index in [4.69, 9.17) is 5.84 Å². The zero-order chi connectivity index (χ0) is 13.0. The fourth-order valence-electron chi connectivity index (χ4n) is 1.17. The molecule has 0 saturated carbocycles. The number of hydrogen-bond donors (Lipinski definition) is 2. The molecular weight excluding hydrogens is 256 g/mol. The molecular formula is C9H8N6O2S. The molecule has 0 aliphatic carbocycles. The van der Waals surface area contributed by atoms with E-state index in [9.17, 15) is 10.1 Å². The van der Waals surface area contributed by atoms with Gasteiger partial charge in [0.05, 0.1) is 4.92 Å². The number of nitrogens with zero attached hydrogens (tertiary/aromatic N) is 4. The van der Waals surface area contributed by atoms with Gasteiger partial charge in [0.2, 0.25) is 0 Å². The highest BCUT2D eigenvalue weighted by atomic mass is 32.2. The third kappa shape index (κ3) is 2.70. The van der Waals surface area contributed by atoms with Crippen LogP contribution in [0.5, 0.6) is 0 Å². The van der Waals surface area contributed by atoms with E-state index in [-0.39, 0.29) is 10.7 Å². The third-order valence-corrected chi connectivity index (χ3v) is 2.89. The molecule has 0 spiro atoms. The van der Waals surface area contributed by atoms with Crippen molar-refractivity contribution in [2.75, 3.05) is 5.43 Å². The summed E-state index contributed by atoms with van der Waals surface area (Å²) in [7, 11) is 0. The van der Waals surface area contributed by atoms with Crippen LogP contribution in [0.3, 0.4) is 0 Å². The van der Waals surface area contributed by atoms with Crippen molar-refractivity contribution >= 4 is 23.3 Å². The zero-order valence-corrected chi connectivity index (χ0v) is 9.79. The van der Waals surface area contributed by atoms with Crippen LogP contribution in [0.4, 0.5) is 11.5 Å². The highest BCUT2D eigenvalue weighted by Gasteiger charge is 2.17. The Labute approximate surface area is 106 Å². The fraction of sp³-hybridized carbons (Fsp3) is 0. The van der Waals surface area contributed by atoms with Gasteiger partial charge in [0.15, 0.2) is 5.03 Å². The van der Waals surface area contributed by atoms with Crippen LogP contribution in [0.25, 0.3) is 0 Å². The molecule has 2 aromatic rings. The molecule has 3 N–H and O–H groups in total. The number of hydrazine groups is 1. The highest BCUT2D eigenvalue weighted by molar-refractivity contribution is 7.99. The lowest BCUT2D eigenvalue weighted by molar-refractivity contribution is -0.388. The van der Waals surface area contributed by atoms with E-state index in [2.05, 4.69) is 20.4 Å². The van der Waals surface area contributed by atoms with Crippen molar-refractivity contribution in [1.82, 2.24) is 15.0 Å². The molecule has 0 aliphatic heterocycles. The number of nitrogens with two attached hydrogens (primary N) is 1. The number of nitrogen functional groups attached to an aromatic ring is 1. The van der Waals surface area contributed by atoms with Crippen molar-refractivity contribution in [2.24, 2.45) is 5.84 Å². The summed E-state index contributed by atoms with van der Waals surface area (Å²) in [5, 5.41) is 11.7. The molecule has 9 heteroatoms. The summed E-state index contributed by atoms with van der Waals surface area (Å²) < 4.78 is 0. The van der Waals surface area contributed by atoms with E-state index in [1.54, 1.807) is 12.3 Å². The summed E-state index contributed by atoms with van der Waals surface area (Å²) in [6.45, 7) is 0. The monoisotopic (exact) mass is 264 g/mol. The Balaban J connectivity index is 2.38. The van der Waals surface area contributed by atoms with Gasteiger partial charge in [0, 0.05) is 12.3 Å². The van der Waals surface area contributed by atoms with Gasteiger partial charge in [-0.1, -0.05) is 0 Å². The molecule has 18 heavy (non-hydrogen) atoms. The highest BCUT2D eigenvalue weighted by Crippen LogP contribution is 2.32. The molecule has 92 valence electrons. The molecule has 0 amide bonds. The second-order valence-electron chi connectivity index (χ2n) is 3.07. The average molecular weight is 264 g/mol. The molecule has 0 atom stereocenters. The quantitative estimate of drug-likeness (QED) is 0.366. The molecule has 0 radical (unpaired) electrons. The standard InChI is InChI=1S/C9H8N6O2S/c10-14-7-2-1-6(15(16)17)9(13-7)18-8-3-4-11-5-12-8/h1-5H,10H2,(H,13,14). The predicted molar refractivity (Wildman–Crippen MR) is 64.9 cm³/mol. The minimum Gasteiger partial charge on any atom is -0.308 e. The van der Waals surface area contributed by atoms with Gasteiger partial charge in [-0.15, -0.1) is 0 Å². The van der Waals surface area contributed by atoms with E-state index in [1.165, 1.54) is 18.5 Å². The summed E-state index contributed by atoms with van der Waals surface area (Å²) in [6, 6.07) is 4.41. The van der Waals surface area contributed by atoms with Crippen molar-refractivity contribution in [3.8, 4) is 0 Å². The molecule has 8 nitrogen and oxygen atoms in total. The third-order valence-electron chi connectivity index (χ3n) is 1.94. The van der Waals surface area contributed by atoms with Crippen molar-refractivity contribution in [3.05, 3.63) is 40.8 Å². The summed E-state index contributed by atoms with van der Waals surface area (Å²) in [4.78, 5) is 22.1. The van der Waals surface area contributed by atoms with Gasteiger partial charge in [0.1, 0.15) is 17.2 Å². The average Bonchev–Trinajstić information content (AvgIpc) is 2.39. The maximum absolute atomic E-state index is 10.9. The first-order chi connectivity index (χ1) is 8.70. The minimum absolute atomic E-state index is 0.0994. The largest absolute Gasteiger partial charge is 0.308 e. The van der Waals surface area contributed by atoms with Crippen LogP contribution in [-0.2, 0) is 0 Å². The lowest BCUT2D eigenvalue weighted by Gasteiger charge is -2.03. The topological polar surface area (TPSA) is 120 Å². The number of nitrogens with one attached hydrogen (secondary N) is 1. The molecule has 2 rings (SSSR count). The van der Waals surface area contributed by atoms with Crippen LogP contribution < -0.4 is 11.3 Å². The van der Waals surface area contributed by atoms with Crippen LogP contribution in [0, 0.1) is 10.1 Å². The van der Waals surface area contributed by atoms with Crippen molar-refractivity contribution in [2.45, 2.75) is 10.1 Å². The van der Waals surface area contributed by atoms with Crippen LogP contribution in [-0.4, -0.2) is 19.9 Å². The maximum atomic E-state index is 10.9. The molecule has 0 aromatic carbocycles. The SMILES string of the molecule is NNc1ccc([N+](=O)[O-])c(Sc2ccncn2)n1. The van der Waals surface area contributed by atoms with E-state index < -0.39 is 4.92 Å². The number of nitro groups is 1. The normalized spacial score (nSPS) is 10.1. The van der Waals surface area contributed by atoms with E-state index in [1.807, 2.05) is 0 Å². The first-order valence-electron chi connectivity index (χ1n) is 4.76. The van der Waals surface area contributed by atoms with Gasteiger partial charge in [0.25, 0.3) is 0 Å². The Kier molecular flexibility index (Phi) is 3.65. The molecule has 2 heterocycles. The van der Waals surface area contributed by atoms with Gasteiger partial charge in [-0.3, -0.25) is 10.1 Å². The Morgan fingerprint density at radius 2 is 2.22 bits per heavy atom. The van der Waals surface area contributed by atoms with Crippen LogP contribution in [0.2, 0.25) is 0 Å². The Hall–Kier alpha value is -2.26. The second kappa shape index (κ2) is 5.38. The Morgan fingerprint density at radius 1 is 1.39 bits per heavy atom. The second-order valence-corrected chi connectivity index (χ2v) is 4.08. The first-order valence-corrected chi connectivity index (χ1v) is 5.58. The summed E-state index contributed by atoms with van der Waals surface area (Å²) in [5.74, 6) is 5.57. The van der Waals surface area contributed by atoms with Gasteiger partial charge in [-0.05, 0) is 23.9 Å². The summed E-state index contributed by atoms with van der Waals surface area (Å²) in [5.41, 5.74) is 2.24. The lowest BCUT2D eigenvalue weighted by Crippen LogP contribution is -2.09. The van der Waals surface area contributed by atoms with Gasteiger partial charge >= 0.3 is 5.69 Å². The van der Waals surface area contributed by atoms with Crippen LogP contribution >= 0.6 is 11.8 Å². The first kappa shape index (κ1) is 12.2. The van der Waals surface area contributed by atoms with Crippen molar-refractivity contribution in [3.63, 3.8) is 0 Å². The number of pyridine rings is 1. The molecule has 0 saturated heterocycles. The van der Waals surface area contributed by atoms with E-state index >= 15 is 0 Å². The maximum Gasteiger partial charge on any atom is 0.301 e. The number of aromatic nitrogens is 3. The predicted octanol–water partition coefficient (Wildman–Crippen LogP) is 1.22. The zero-order valence-electron chi connectivity index (χ0n) is 8.98. The molecule has 0 unspecified atom stereocenters. The smallest absolute Gasteiger partial charge is 0.301 e. The van der Waals surface area contributed by atoms with Crippen LogP contribution in [0.15, 0.2) is 40.8 Å². The minimum atomic E-state index is -0.503. The van der Waals surface area contributed by atoms with Crippen LogP contribution in [0.1, 0.15) is 0 Å². The van der Waals surface area contributed by atoms with Crippen molar-refractivity contribution < 1.29 is 4.92 Å². The number of anilines is 1. The number of hydrogen-bond acceptors (Lipinski definition) is 8. The summed E-state index contributed by atoms with van der Waals surface area (Å²) >= 11 is 1.07. The Bertz CT molecular complexity index is 564. The number of rotatable bonds is 4. The van der Waals surface area contributed by atoms with Gasteiger partial charge in [-0.25, -0.2) is 20.8 Å². The van der Waals surface area contributed by atoms with E-state index in [0.717, 1.165) is 11.8 Å². The molecule has 2 aromatic heterocycles. The molecule has 0 fully saturated rings.